The van der Waals surface area contributed by atoms with E-state index in [1.54, 1.807) is 36.4 Å². The number of nitrogens with two attached hydrogens (primary N) is 1. The van der Waals surface area contributed by atoms with Gasteiger partial charge in [-0.25, -0.2) is 9.59 Å². The first-order valence-electron chi connectivity index (χ1n) is 24.9. The Hall–Kier alpha value is -5.65. The molecule has 4 aromatic carbocycles. The Morgan fingerprint density at radius 2 is 1.11 bits per heavy atom. The predicted molar refractivity (Wildman–Crippen MR) is 286 cm³/mol. The van der Waals surface area contributed by atoms with Gasteiger partial charge in [0.15, 0.2) is 0 Å². The minimum Gasteiger partial charge on any atom is -0.465 e. The fourth-order valence-electron chi connectivity index (χ4n) is 9.77. The molecule has 1 saturated heterocycles. The number of hydrogen-bond donors (Lipinski definition) is 3. The number of Topliss-reactive ketones (excluding diaryl/α,β-unsaturated/α-hetero) is 1. The standard InChI is InChI=1S/C29H38N2O3.C19H22N2O3.C10H18O.2CH4/c1-28(2,3)24-16-18-29(19-17-24)30-25(15-12-21-8-6-5-7-9-21)26(32)31(29)20-22-10-13-23(14-11-22)27(33)34-4;1-24-19(23)16-10-7-15(8-11-16)13-21-18(22)17(20)12-9-14-5-3-2-4-6-14;1-10(2,3)8-4-6-9(11)7-5-8;;/h5-11,13-14,24-25,30H,12,15-20H2,1-4H3;2-8,10-11,17H,9,12-13,20H2,1H3,(H,21,22);8H,4-7H2,1-3H3;2*1H4/t24?,25-,29?;17-;;;/m00.../s1. The average Bonchev–Trinajstić information content (AvgIpc) is 3.59. The maximum Gasteiger partial charge on any atom is 0.337 e. The molecule has 1 spiro atoms. The fraction of sp³-hybridized carbons (Fsp3) is 0.517. The number of ether oxygens (including phenoxy) is 2. The number of nitrogens with one attached hydrogen (secondary N) is 2. The number of amides is 2. The Morgan fingerprint density at radius 1 is 0.662 bits per heavy atom. The van der Waals surface area contributed by atoms with E-state index in [9.17, 15) is 24.0 Å². The molecular formula is C60H86N4O7. The maximum atomic E-state index is 13.7. The lowest BCUT2D eigenvalue weighted by Gasteiger charge is -2.46. The van der Waals surface area contributed by atoms with Gasteiger partial charge < -0.3 is 25.4 Å². The third-order valence-electron chi connectivity index (χ3n) is 14.4. The zero-order valence-corrected chi connectivity index (χ0v) is 42.5. The molecule has 0 unspecified atom stereocenters. The van der Waals surface area contributed by atoms with Crippen molar-refractivity contribution in [2.24, 2.45) is 28.4 Å². The van der Waals surface area contributed by atoms with Crippen LogP contribution in [-0.2, 0) is 49.8 Å². The number of esters is 2. The zero-order valence-electron chi connectivity index (χ0n) is 42.5. The van der Waals surface area contributed by atoms with Crippen LogP contribution in [0.15, 0.2) is 109 Å². The number of methoxy groups -OCH3 is 2. The highest BCUT2D eigenvalue weighted by atomic mass is 16.5. The maximum absolute atomic E-state index is 13.7. The second-order valence-electron chi connectivity index (χ2n) is 21.2. The molecule has 3 aliphatic rings. The zero-order chi connectivity index (χ0) is 50.2. The molecule has 1 aliphatic heterocycles. The van der Waals surface area contributed by atoms with Crippen molar-refractivity contribution in [3.8, 4) is 0 Å². The molecule has 388 valence electrons. The summed E-state index contributed by atoms with van der Waals surface area (Å²) in [5, 5.41) is 6.63. The van der Waals surface area contributed by atoms with Gasteiger partial charge in [-0.3, -0.25) is 19.7 Å². The highest BCUT2D eigenvalue weighted by molar-refractivity contribution is 5.90. The van der Waals surface area contributed by atoms with Crippen molar-refractivity contribution >= 4 is 29.5 Å². The molecule has 2 saturated carbocycles. The van der Waals surface area contributed by atoms with Crippen molar-refractivity contribution in [2.45, 2.75) is 164 Å². The van der Waals surface area contributed by atoms with E-state index in [2.05, 4.69) is 86.1 Å². The van der Waals surface area contributed by atoms with E-state index in [0.29, 0.717) is 47.8 Å². The summed E-state index contributed by atoms with van der Waals surface area (Å²) in [5.74, 6) is 1.19. The number of nitrogens with zero attached hydrogens (tertiary/aromatic N) is 1. The Kier molecular flexibility index (Phi) is 23.4. The van der Waals surface area contributed by atoms with Crippen LogP contribution in [0.4, 0.5) is 0 Å². The number of carbonyl (C=O) groups is 5. The van der Waals surface area contributed by atoms with Crippen molar-refractivity contribution in [1.82, 2.24) is 15.5 Å². The lowest BCUT2D eigenvalue weighted by Crippen LogP contribution is -2.55. The lowest BCUT2D eigenvalue weighted by molar-refractivity contribution is -0.134. The van der Waals surface area contributed by atoms with Gasteiger partial charge in [0.1, 0.15) is 5.78 Å². The summed E-state index contributed by atoms with van der Waals surface area (Å²) in [7, 11) is 2.73. The van der Waals surface area contributed by atoms with Crippen molar-refractivity contribution in [1.29, 1.82) is 0 Å². The monoisotopic (exact) mass is 975 g/mol. The van der Waals surface area contributed by atoms with Gasteiger partial charge in [-0.1, -0.05) is 141 Å². The number of benzene rings is 4. The second-order valence-corrected chi connectivity index (χ2v) is 21.2. The molecule has 11 nitrogen and oxygen atoms in total. The lowest BCUT2D eigenvalue weighted by atomic mass is 9.69. The largest absolute Gasteiger partial charge is 0.465 e. The van der Waals surface area contributed by atoms with Gasteiger partial charge in [0, 0.05) is 25.9 Å². The normalized spacial score (nSPS) is 19.4. The minimum atomic E-state index is -0.542. The summed E-state index contributed by atoms with van der Waals surface area (Å²) >= 11 is 0. The summed E-state index contributed by atoms with van der Waals surface area (Å²) in [6, 6.07) is 34.0. The molecule has 0 aromatic heterocycles. The van der Waals surface area contributed by atoms with Crippen LogP contribution in [-0.4, -0.2) is 66.4 Å². The van der Waals surface area contributed by atoms with Crippen LogP contribution >= 0.6 is 0 Å². The van der Waals surface area contributed by atoms with Crippen LogP contribution in [0.2, 0.25) is 0 Å². The van der Waals surface area contributed by atoms with Crippen molar-refractivity contribution < 1.29 is 33.4 Å². The van der Waals surface area contributed by atoms with E-state index in [4.69, 9.17) is 10.5 Å². The van der Waals surface area contributed by atoms with Gasteiger partial charge >= 0.3 is 11.9 Å². The van der Waals surface area contributed by atoms with E-state index in [0.717, 1.165) is 87.7 Å². The average molecular weight is 975 g/mol. The minimum absolute atomic E-state index is 0. The van der Waals surface area contributed by atoms with E-state index in [1.807, 2.05) is 48.5 Å². The van der Waals surface area contributed by atoms with Crippen LogP contribution in [0.25, 0.3) is 0 Å². The van der Waals surface area contributed by atoms with Crippen molar-refractivity contribution in [3.63, 3.8) is 0 Å². The highest BCUT2D eigenvalue weighted by Crippen LogP contribution is 2.45. The topological polar surface area (TPSA) is 157 Å². The molecule has 0 radical (unpaired) electrons. The molecule has 4 N–H and O–H groups in total. The molecule has 2 aliphatic carbocycles. The number of hydrogen-bond acceptors (Lipinski definition) is 9. The fourth-order valence-corrected chi connectivity index (χ4v) is 9.77. The molecule has 7 rings (SSSR count). The molecule has 4 aromatic rings. The summed E-state index contributed by atoms with van der Waals surface area (Å²) < 4.78 is 9.46. The molecule has 1 heterocycles. The second kappa shape index (κ2) is 27.8. The number of carbonyl (C=O) groups excluding carboxylic acids is 5. The van der Waals surface area contributed by atoms with Gasteiger partial charge in [0.2, 0.25) is 11.8 Å². The highest BCUT2D eigenvalue weighted by Gasteiger charge is 2.52. The van der Waals surface area contributed by atoms with E-state index >= 15 is 0 Å². The Labute approximate surface area is 426 Å². The molecular weight excluding hydrogens is 889 g/mol. The molecule has 0 bridgehead atoms. The van der Waals surface area contributed by atoms with Gasteiger partial charge in [-0.2, -0.15) is 0 Å². The SMILES string of the molecule is C.C.CC(C)(C)C1CCC(=O)CC1.COC(=O)c1ccc(CN2C(=O)[C@H](CCc3ccccc3)NC23CCC(C(C)(C)C)CC3)cc1.COC(=O)c1ccc(CNC(=O)[C@@H](N)CCc2ccccc2)cc1. The third kappa shape index (κ3) is 17.9. The Balaban J connectivity index is 0.000000313. The summed E-state index contributed by atoms with van der Waals surface area (Å²) in [4.78, 5) is 61.9. The molecule has 71 heavy (non-hydrogen) atoms. The van der Waals surface area contributed by atoms with E-state index in [1.165, 1.54) is 25.3 Å². The first kappa shape index (κ1) is 59.7. The predicted octanol–water partition coefficient (Wildman–Crippen LogP) is 11.5. The van der Waals surface area contributed by atoms with Gasteiger partial charge in [-0.15, -0.1) is 0 Å². The number of rotatable bonds is 13. The summed E-state index contributed by atoms with van der Waals surface area (Å²) in [6.07, 6.45) is 11.1. The smallest absolute Gasteiger partial charge is 0.337 e. The first-order chi connectivity index (χ1) is 32.8. The van der Waals surface area contributed by atoms with Crippen LogP contribution in [0.1, 0.15) is 164 Å². The van der Waals surface area contributed by atoms with Crippen LogP contribution in [0, 0.1) is 22.7 Å². The molecule has 11 heteroatoms. The van der Waals surface area contributed by atoms with Crippen molar-refractivity contribution in [3.05, 3.63) is 143 Å². The van der Waals surface area contributed by atoms with E-state index in [-0.39, 0.29) is 55.7 Å². The van der Waals surface area contributed by atoms with Gasteiger partial charge in [0.05, 0.1) is 43.1 Å². The van der Waals surface area contributed by atoms with Gasteiger partial charge in [0.25, 0.3) is 0 Å². The van der Waals surface area contributed by atoms with Crippen LogP contribution < -0.4 is 16.4 Å². The summed E-state index contributed by atoms with van der Waals surface area (Å²) in [6.45, 7) is 14.7. The van der Waals surface area contributed by atoms with E-state index < -0.39 is 6.04 Å². The third-order valence-corrected chi connectivity index (χ3v) is 14.4. The molecule has 3 fully saturated rings. The Morgan fingerprint density at radius 3 is 1.58 bits per heavy atom. The summed E-state index contributed by atoms with van der Waals surface area (Å²) in [5.41, 5.74) is 11.7. The van der Waals surface area contributed by atoms with Gasteiger partial charge in [-0.05, 0) is 133 Å². The number of aryl methyl sites for hydroxylation is 2. The number of ketones is 1. The quantitative estimate of drug-likeness (QED) is 0.111. The van der Waals surface area contributed by atoms with Crippen LogP contribution in [0.5, 0.6) is 0 Å². The van der Waals surface area contributed by atoms with Crippen LogP contribution in [0.3, 0.4) is 0 Å². The molecule has 2 amide bonds. The first-order valence-corrected chi connectivity index (χ1v) is 24.9. The molecule has 2 atom stereocenters. The van der Waals surface area contributed by atoms with Crippen molar-refractivity contribution in [2.75, 3.05) is 14.2 Å². The Bertz CT molecular complexity index is 2250.